The molecule has 0 bridgehead atoms. The van der Waals surface area contributed by atoms with E-state index in [0.29, 0.717) is 36.7 Å². The molecule has 0 atom stereocenters. The molecular formula is C23H31NO5. The summed E-state index contributed by atoms with van der Waals surface area (Å²) in [5.41, 5.74) is 1.69. The van der Waals surface area contributed by atoms with Crippen LogP contribution < -0.4 is 24.3 Å². The summed E-state index contributed by atoms with van der Waals surface area (Å²) in [5.74, 6) is 2.46. The number of hydrogen-bond acceptors (Lipinski definition) is 5. The van der Waals surface area contributed by atoms with Gasteiger partial charge in [-0.15, -0.1) is 0 Å². The Morgan fingerprint density at radius 1 is 0.931 bits per heavy atom. The fourth-order valence-electron chi connectivity index (χ4n) is 2.94. The lowest BCUT2D eigenvalue weighted by Crippen LogP contribution is -2.12. The summed E-state index contributed by atoms with van der Waals surface area (Å²) in [6.07, 6.45) is 4.29. The van der Waals surface area contributed by atoms with Crippen molar-refractivity contribution in [2.45, 2.75) is 39.0 Å². The molecule has 2 aromatic carbocycles. The second-order valence-electron chi connectivity index (χ2n) is 6.66. The maximum atomic E-state index is 12.3. The third-order valence-corrected chi connectivity index (χ3v) is 4.52. The van der Waals surface area contributed by atoms with E-state index in [1.54, 1.807) is 21.3 Å². The minimum Gasteiger partial charge on any atom is -0.494 e. The molecule has 1 N–H and O–H groups in total. The normalized spacial score (nSPS) is 10.3. The summed E-state index contributed by atoms with van der Waals surface area (Å²) in [7, 11) is 4.71. The molecule has 0 fully saturated rings. The van der Waals surface area contributed by atoms with Gasteiger partial charge in [0.05, 0.1) is 27.9 Å². The SMILES string of the molecule is CCCCCOc1ccc(NC(=O)CCc2cc(OC)c(OC)c(OC)c2)cc1. The molecule has 0 aliphatic carbocycles. The molecule has 6 heteroatoms. The van der Waals surface area contributed by atoms with Crippen LogP contribution in [0.15, 0.2) is 36.4 Å². The Morgan fingerprint density at radius 3 is 2.14 bits per heavy atom. The van der Waals surface area contributed by atoms with Crippen LogP contribution in [-0.4, -0.2) is 33.8 Å². The Balaban J connectivity index is 1.88. The standard InChI is InChI=1S/C23H31NO5/c1-5-6-7-14-29-19-11-9-18(10-12-19)24-22(25)13-8-17-15-20(26-2)23(28-4)21(16-17)27-3/h9-12,15-16H,5-8,13-14H2,1-4H3,(H,24,25). The summed E-state index contributed by atoms with van der Waals surface area (Å²) in [4.78, 5) is 12.3. The first-order chi connectivity index (χ1) is 14.1. The highest BCUT2D eigenvalue weighted by atomic mass is 16.5. The summed E-state index contributed by atoms with van der Waals surface area (Å²) in [5, 5.41) is 2.91. The lowest BCUT2D eigenvalue weighted by atomic mass is 10.1. The topological polar surface area (TPSA) is 66.0 Å². The van der Waals surface area contributed by atoms with Crippen LogP contribution in [0.25, 0.3) is 0 Å². The van der Waals surface area contributed by atoms with Gasteiger partial charge in [-0.05, 0) is 54.8 Å². The van der Waals surface area contributed by atoms with Gasteiger partial charge in [-0.3, -0.25) is 4.79 Å². The number of benzene rings is 2. The summed E-state index contributed by atoms with van der Waals surface area (Å²) in [6.45, 7) is 2.88. The molecule has 2 rings (SSSR count). The van der Waals surface area contributed by atoms with Crippen molar-refractivity contribution in [1.29, 1.82) is 0 Å². The molecule has 0 radical (unpaired) electrons. The fourth-order valence-corrected chi connectivity index (χ4v) is 2.94. The van der Waals surface area contributed by atoms with E-state index in [2.05, 4.69) is 12.2 Å². The quantitative estimate of drug-likeness (QED) is 0.515. The largest absolute Gasteiger partial charge is 0.494 e. The molecule has 29 heavy (non-hydrogen) atoms. The second kappa shape index (κ2) is 11.8. The van der Waals surface area contributed by atoms with E-state index in [1.165, 1.54) is 12.8 Å². The zero-order chi connectivity index (χ0) is 21.1. The third kappa shape index (κ3) is 6.89. The van der Waals surface area contributed by atoms with Gasteiger partial charge in [-0.1, -0.05) is 19.8 Å². The van der Waals surface area contributed by atoms with E-state index >= 15 is 0 Å². The van der Waals surface area contributed by atoms with Gasteiger partial charge in [0.2, 0.25) is 11.7 Å². The molecule has 0 unspecified atom stereocenters. The molecular weight excluding hydrogens is 370 g/mol. The van der Waals surface area contributed by atoms with Crippen LogP contribution in [0.5, 0.6) is 23.0 Å². The van der Waals surface area contributed by atoms with E-state index in [4.69, 9.17) is 18.9 Å². The highest BCUT2D eigenvalue weighted by Crippen LogP contribution is 2.38. The summed E-state index contributed by atoms with van der Waals surface area (Å²) < 4.78 is 21.7. The third-order valence-electron chi connectivity index (χ3n) is 4.52. The van der Waals surface area contributed by atoms with Crippen molar-refractivity contribution in [3.05, 3.63) is 42.0 Å². The molecule has 0 heterocycles. The van der Waals surface area contributed by atoms with Gasteiger partial charge in [-0.2, -0.15) is 0 Å². The molecule has 0 aromatic heterocycles. The van der Waals surface area contributed by atoms with Crippen LogP contribution in [0, 0.1) is 0 Å². The van der Waals surface area contributed by atoms with Crippen LogP contribution in [0.3, 0.4) is 0 Å². The van der Waals surface area contributed by atoms with Crippen LogP contribution >= 0.6 is 0 Å². The molecule has 1 amide bonds. The highest BCUT2D eigenvalue weighted by molar-refractivity contribution is 5.90. The van der Waals surface area contributed by atoms with Crippen molar-refractivity contribution in [3.8, 4) is 23.0 Å². The van der Waals surface area contributed by atoms with Gasteiger partial charge >= 0.3 is 0 Å². The number of unbranched alkanes of at least 4 members (excludes halogenated alkanes) is 2. The number of ether oxygens (including phenoxy) is 4. The molecule has 0 aliphatic heterocycles. The first kappa shape index (κ1) is 22.4. The monoisotopic (exact) mass is 401 g/mol. The maximum absolute atomic E-state index is 12.3. The molecule has 2 aromatic rings. The van der Waals surface area contributed by atoms with Gasteiger partial charge < -0.3 is 24.3 Å². The Labute approximate surface area is 173 Å². The number of methoxy groups -OCH3 is 3. The minimum absolute atomic E-state index is 0.0598. The van der Waals surface area contributed by atoms with Crippen molar-refractivity contribution >= 4 is 11.6 Å². The minimum atomic E-state index is -0.0598. The fraction of sp³-hybridized carbons (Fsp3) is 0.435. The number of anilines is 1. The van der Waals surface area contributed by atoms with E-state index < -0.39 is 0 Å². The van der Waals surface area contributed by atoms with E-state index in [0.717, 1.165) is 23.4 Å². The van der Waals surface area contributed by atoms with Gasteiger partial charge in [-0.25, -0.2) is 0 Å². The lowest BCUT2D eigenvalue weighted by Gasteiger charge is -2.14. The predicted molar refractivity (Wildman–Crippen MR) is 115 cm³/mol. The van der Waals surface area contributed by atoms with E-state index in [-0.39, 0.29) is 5.91 Å². The average molecular weight is 402 g/mol. The van der Waals surface area contributed by atoms with E-state index in [1.807, 2.05) is 36.4 Å². The van der Waals surface area contributed by atoms with Crippen molar-refractivity contribution in [2.24, 2.45) is 0 Å². The Hall–Kier alpha value is -2.89. The number of hydrogen-bond donors (Lipinski definition) is 1. The van der Waals surface area contributed by atoms with Crippen molar-refractivity contribution in [1.82, 2.24) is 0 Å². The Bertz CT molecular complexity index is 748. The van der Waals surface area contributed by atoms with Gasteiger partial charge in [0.15, 0.2) is 11.5 Å². The van der Waals surface area contributed by atoms with Crippen LogP contribution in [0.1, 0.15) is 38.2 Å². The number of aryl methyl sites for hydroxylation is 1. The summed E-state index contributed by atoms with van der Waals surface area (Å²) in [6, 6.07) is 11.2. The van der Waals surface area contributed by atoms with Crippen molar-refractivity contribution in [3.63, 3.8) is 0 Å². The zero-order valence-corrected chi connectivity index (χ0v) is 17.7. The molecule has 0 spiro atoms. The Morgan fingerprint density at radius 2 is 1.59 bits per heavy atom. The Kier molecular flexibility index (Phi) is 9.15. The number of rotatable bonds is 12. The highest BCUT2D eigenvalue weighted by Gasteiger charge is 2.14. The van der Waals surface area contributed by atoms with Crippen molar-refractivity contribution < 1.29 is 23.7 Å². The zero-order valence-electron chi connectivity index (χ0n) is 17.7. The van der Waals surface area contributed by atoms with Gasteiger partial charge in [0, 0.05) is 12.1 Å². The smallest absolute Gasteiger partial charge is 0.224 e. The average Bonchev–Trinajstić information content (AvgIpc) is 2.75. The van der Waals surface area contributed by atoms with E-state index in [9.17, 15) is 4.79 Å². The number of carbonyl (C=O) groups excluding carboxylic acids is 1. The second-order valence-corrected chi connectivity index (χ2v) is 6.66. The molecule has 0 aliphatic rings. The molecule has 0 saturated carbocycles. The van der Waals surface area contributed by atoms with Crippen LogP contribution in [0.4, 0.5) is 5.69 Å². The maximum Gasteiger partial charge on any atom is 0.224 e. The number of nitrogens with one attached hydrogen (secondary N) is 1. The van der Waals surface area contributed by atoms with Crippen LogP contribution in [-0.2, 0) is 11.2 Å². The van der Waals surface area contributed by atoms with Gasteiger partial charge in [0.25, 0.3) is 0 Å². The van der Waals surface area contributed by atoms with Gasteiger partial charge in [0.1, 0.15) is 5.75 Å². The molecule has 158 valence electrons. The molecule has 6 nitrogen and oxygen atoms in total. The molecule has 0 saturated heterocycles. The first-order valence-electron chi connectivity index (χ1n) is 9.92. The number of amides is 1. The predicted octanol–water partition coefficient (Wildman–Crippen LogP) is 4.85. The lowest BCUT2D eigenvalue weighted by molar-refractivity contribution is -0.116. The summed E-state index contributed by atoms with van der Waals surface area (Å²) >= 11 is 0. The number of carbonyl (C=O) groups is 1. The van der Waals surface area contributed by atoms with Crippen molar-refractivity contribution in [2.75, 3.05) is 33.3 Å². The van der Waals surface area contributed by atoms with Crippen LogP contribution in [0.2, 0.25) is 0 Å². The first-order valence-corrected chi connectivity index (χ1v) is 9.92.